The number of methoxy groups -OCH3 is 1. The maximum absolute atomic E-state index is 13.8. The van der Waals surface area contributed by atoms with E-state index < -0.39 is 23.4 Å². The number of anilines is 2. The minimum Gasteiger partial charge on any atom is -0.467 e. The molecule has 0 aliphatic heterocycles. The van der Waals surface area contributed by atoms with Crippen molar-refractivity contribution in [3.8, 4) is 22.8 Å². The van der Waals surface area contributed by atoms with Gasteiger partial charge in [0.1, 0.15) is 23.0 Å². The van der Waals surface area contributed by atoms with Gasteiger partial charge in [-0.15, -0.1) is 0 Å². The highest BCUT2D eigenvalue weighted by Gasteiger charge is 2.34. The van der Waals surface area contributed by atoms with E-state index in [2.05, 4.69) is 24.9 Å². The SMILES string of the molecule is CCc1nc2cccc(-c3cnc(OC)nc3)c2c(=O)n1-c1cccc(F)c1.Nc1ncc(C(F)(F)F)c(N)n1. The van der Waals surface area contributed by atoms with Gasteiger partial charge < -0.3 is 16.2 Å². The zero-order valence-electron chi connectivity index (χ0n) is 21.1. The Morgan fingerprint density at radius 1 is 0.975 bits per heavy atom. The molecule has 10 nitrogen and oxygen atoms in total. The van der Waals surface area contributed by atoms with Crippen LogP contribution in [0.1, 0.15) is 18.3 Å². The van der Waals surface area contributed by atoms with E-state index in [4.69, 9.17) is 16.2 Å². The number of fused-ring (bicyclic) bond motifs is 1. The third-order valence-corrected chi connectivity index (χ3v) is 5.61. The number of ether oxygens (including phenoxy) is 1. The van der Waals surface area contributed by atoms with Crippen LogP contribution in [0, 0.1) is 5.82 Å². The van der Waals surface area contributed by atoms with E-state index in [1.165, 1.54) is 23.8 Å². The van der Waals surface area contributed by atoms with E-state index in [1.54, 1.807) is 30.6 Å². The largest absolute Gasteiger partial charge is 0.467 e. The summed E-state index contributed by atoms with van der Waals surface area (Å²) in [6, 6.07) is 11.6. The van der Waals surface area contributed by atoms with Gasteiger partial charge in [0, 0.05) is 30.6 Å². The molecule has 4 N–H and O–H groups in total. The summed E-state index contributed by atoms with van der Waals surface area (Å²) in [5, 5.41) is 0.428. The standard InChI is InChI=1S/C21H17FN4O2.C5H5F3N4/c1-3-18-25-17-9-5-8-16(13-11-23-21(28-2)24-12-13)19(17)20(27)26(18)15-7-4-6-14(22)10-15;6-5(7,8)2-1-11-4(10)12-3(2)9/h4-12H,3H2,1-2H3;1H,(H4,9,10,11,12). The summed E-state index contributed by atoms with van der Waals surface area (Å²) < 4.78 is 56.2. The first-order chi connectivity index (χ1) is 19.0. The molecular formula is C26H22F4N8O2. The van der Waals surface area contributed by atoms with Gasteiger partial charge >= 0.3 is 12.2 Å². The van der Waals surface area contributed by atoms with Crippen LogP contribution >= 0.6 is 0 Å². The Labute approximate surface area is 224 Å². The molecule has 0 fully saturated rings. The maximum atomic E-state index is 13.8. The summed E-state index contributed by atoms with van der Waals surface area (Å²) in [5.41, 5.74) is 11.0. The van der Waals surface area contributed by atoms with E-state index in [1.807, 2.05) is 19.1 Å². The van der Waals surface area contributed by atoms with Gasteiger partial charge in [-0.1, -0.05) is 25.1 Å². The normalized spacial score (nSPS) is 11.2. The number of alkyl halides is 3. The predicted molar refractivity (Wildman–Crippen MR) is 140 cm³/mol. The first-order valence-electron chi connectivity index (χ1n) is 11.7. The fourth-order valence-electron chi connectivity index (χ4n) is 3.82. The van der Waals surface area contributed by atoms with E-state index in [0.717, 1.165) is 0 Å². The Hall–Kier alpha value is -5.14. The lowest BCUT2D eigenvalue weighted by molar-refractivity contribution is -0.137. The molecule has 40 heavy (non-hydrogen) atoms. The van der Waals surface area contributed by atoms with Crippen LogP contribution in [-0.2, 0) is 12.6 Å². The lowest BCUT2D eigenvalue weighted by atomic mass is 10.0. The first kappa shape index (κ1) is 27.9. The number of hydrogen-bond acceptors (Lipinski definition) is 9. The summed E-state index contributed by atoms with van der Waals surface area (Å²) in [5.74, 6) is -0.787. The number of nitrogen functional groups attached to an aromatic ring is 2. The van der Waals surface area contributed by atoms with E-state index in [0.29, 0.717) is 46.2 Å². The van der Waals surface area contributed by atoms with E-state index >= 15 is 0 Å². The molecule has 0 saturated heterocycles. The number of nitrogens with zero attached hydrogens (tertiary/aromatic N) is 6. The average Bonchev–Trinajstić information content (AvgIpc) is 2.92. The van der Waals surface area contributed by atoms with Gasteiger partial charge in [0.2, 0.25) is 5.95 Å². The van der Waals surface area contributed by atoms with Crippen molar-refractivity contribution in [3.05, 3.63) is 88.6 Å². The molecule has 0 bridgehead atoms. The van der Waals surface area contributed by atoms with Gasteiger partial charge in [-0.05, 0) is 29.8 Å². The molecule has 0 amide bonds. The third kappa shape index (κ3) is 5.80. The monoisotopic (exact) mass is 554 g/mol. The molecule has 0 atom stereocenters. The molecule has 206 valence electrons. The smallest absolute Gasteiger partial charge is 0.421 e. The molecule has 2 aromatic carbocycles. The molecule has 0 aliphatic rings. The molecule has 3 heterocycles. The average molecular weight is 555 g/mol. The summed E-state index contributed by atoms with van der Waals surface area (Å²) in [7, 11) is 1.49. The Morgan fingerprint density at radius 3 is 2.27 bits per heavy atom. The molecule has 0 unspecified atom stereocenters. The van der Waals surface area contributed by atoms with Gasteiger partial charge in [-0.3, -0.25) is 9.36 Å². The molecule has 5 aromatic rings. The summed E-state index contributed by atoms with van der Waals surface area (Å²) in [4.78, 5) is 32.7. The maximum Gasteiger partial charge on any atom is 0.421 e. The van der Waals surface area contributed by atoms with E-state index in [9.17, 15) is 22.4 Å². The molecule has 0 spiro atoms. The molecule has 0 aliphatic carbocycles. The minimum absolute atomic E-state index is 0.243. The van der Waals surface area contributed by atoms with Gasteiger partial charge in [-0.25, -0.2) is 24.3 Å². The van der Waals surface area contributed by atoms with Crippen molar-refractivity contribution in [3.63, 3.8) is 0 Å². The van der Waals surface area contributed by atoms with Crippen molar-refractivity contribution in [2.45, 2.75) is 19.5 Å². The highest BCUT2D eigenvalue weighted by atomic mass is 19.4. The van der Waals surface area contributed by atoms with Crippen molar-refractivity contribution < 1.29 is 22.3 Å². The van der Waals surface area contributed by atoms with Crippen LogP contribution in [0.25, 0.3) is 27.7 Å². The van der Waals surface area contributed by atoms with Crippen LogP contribution in [0.4, 0.5) is 29.3 Å². The molecule has 0 radical (unpaired) electrons. The van der Waals surface area contributed by atoms with Crippen molar-refractivity contribution in [2.24, 2.45) is 0 Å². The fraction of sp³-hybridized carbons (Fsp3) is 0.154. The lowest BCUT2D eigenvalue weighted by Crippen LogP contribution is -2.24. The second-order valence-corrected chi connectivity index (χ2v) is 8.19. The molecule has 14 heteroatoms. The lowest BCUT2D eigenvalue weighted by Gasteiger charge is -2.14. The summed E-state index contributed by atoms with van der Waals surface area (Å²) in [6.45, 7) is 1.91. The van der Waals surface area contributed by atoms with Crippen molar-refractivity contribution >= 4 is 22.7 Å². The topological polar surface area (TPSA) is 148 Å². The Morgan fingerprint density at radius 2 is 1.68 bits per heavy atom. The van der Waals surface area contributed by atoms with Crippen LogP contribution in [0.15, 0.2) is 65.8 Å². The van der Waals surface area contributed by atoms with Crippen LogP contribution in [0.3, 0.4) is 0 Å². The van der Waals surface area contributed by atoms with Crippen LogP contribution in [0.5, 0.6) is 6.01 Å². The first-order valence-corrected chi connectivity index (χ1v) is 11.7. The second-order valence-electron chi connectivity index (χ2n) is 8.19. The third-order valence-electron chi connectivity index (χ3n) is 5.61. The zero-order valence-corrected chi connectivity index (χ0v) is 21.1. The van der Waals surface area contributed by atoms with Crippen molar-refractivity contribution in [2.75, 3.05) is 18.6 Å². The predicted octanol–water partition coefficient (Wildman–Crippen LogP) is 4.21. The quantitative estimate of drug-likeness (QED) is 0.312. The molecular weight excluding hydrogens is 532 g/mol. The summed E-state index contributed by atoms with van der Waals surface area (Å²) >= 11 is 0. The number of rotatable bonds is 4. The van der Waals surface area contributed by atoms with Gasteiger partial charge in [0.05, 0.1) is 23.7 Å². The Kier molecular flexibility index (Phi) is 7.88. The number of aromatic nitrogens is 6. The fourth-order valence-corrected chi connectivity index (χ4v) is 3.82. The number of aryl methyl sites for hydroxylation is 1. The number of halogens is 4. The number of benzene rings is 2. The Bertz CT molecular complexity index is 1720. The Balaban J connectivity index is 0.000000259. The molecule has 0 saturated carbocycles. The second kappa shape index (κ2) is 11.3. The minimum atomic E-state index is -4.53. The highest BCUT2D eigenvalue weighted by Crippen LogP contribution is 2.32. The van der Waals surface area contributed by atoms with E-state index in [-0.39, 0.29) is 17.5 Å². The van der Waals surface area contributed by atoms with Gasteiger partial charge in [-0.2, -0.15) is 18.2 Å². The van der Waals surface area contributed by atoms with Crippen LogP contribution in [0.2, 0.25) is 0 Å². The highest BCUT2D eigenvalue weighted by molar-refractivity contribution is 5.93. The molecule has 5 rings (SSSR count). The summed E-state index contributed by atoms with van der Waals surface area (Å²) in [6.07, 6.45) is -0.256. The van der Waals surface area contributed by atoms with Crippen molar-refractivity contribution in [1.82, 2.24) is 29.5 Å². The molecule has 3 aromatic heterocycles. The van der Waals surface area contributed by atoms with Gasteiger partial charge in [0.25, 0.3) is 5.56 Å². The number of hydrogen-bond donors (Lipinski definition) is 2. The zero-order chi connectivity index (χ0) is 29.0. The van der Waals surface area contributed by atoms with Crippen LogP contribution in [-0.4, -0.2) is 36.6 Å². The van der Waals surface area contributed by atoms with Crippen molar-refractivity contribution in [1.29, 1.82) is 0 Å². The number of nitrogens with two attached hydrogens (primary N) is 2. The van der Waals surface area contributed by atoms with Gasteiger partial charge in [0.15, 0.2) is 0 Å². The van der Waals surface area contributed by atoms with Crippen LogP contribution < -0.4 is 21.8 Å².